The molecule has 26 heavy (non-hydrogen) atoms. The van der Waals surface area contributed by atoms with Crippen LogP contribution >= 0.6 is 0 Å². The van der Waals surface area contributed by atoms with Gasteiger partial charge in [-0.2, -0.15) is 0 Å². The number of nitrogens with one attached hydrogen (secondary N) is 1. The number of piperidine rings is 1. The number of H-pyrrole nitrogens is 1. The number of likely N-dealkylation sites (tertiary alicyclic amines) is 1. The van der Waals surface area contributed by atoms with Gasteiger partial charge in [-0.25, -0.2) is 12.7 Å². The van der Waals surface area contributed by atoms with Gasteiger partial charge < -0.3 is 9.72 Å². The van der Waals surface area contributed by atoms with E-state index in [1.165, 1.54) is 37.7 Å². The number of nitrogens with zero attached hydrogens (tertiary/aromatic N) is 2. The Labute approximate surface area is 155 Å². The van der Waals surface area contributed by atoms with Crippen LogP contribution in [0.5, 0.6) is 5.75 Å². The minimum atomic E-state index is -3.49. The predicted octanol–water partition coefficient (Wildman–Crippen LogP) is 2.93. The molecule has 3 rings (SSSR count). The number of methoxy groups -OCH3 is 1. The van der Waals surface area contributed by atoms with Crippen molar-refractivity contribution in [2.45, 2.75) is 30.7 Å². The van der Waals surface area contributed by atoms with Gasteiger partial charge in [0.1, 0.15) is 5.75 Å². The molecule has 142 valence electrons. The maximum Gasteiger partial charge on any atom is 0.242 e. The van der Waals surface area contributed by atoms with E-state index >= 15 is 0 Å². The van der Waals surface area contributed by atoms with E-state index in [0.29, 0.717) is 5.75 Å². The fourth-order valence-corrected chi connectivity index (χ4v) is 4.25. The van der Waals surface area contributed by atoms with Crippen molar-refractivity contribution < 1.29 is 13.2 Å². The van der Waals surface area contributed by atoms with Crippen molar-refractivity contribution in [2.24, 2.45) is 0 Å². The topological polar surface area (TPSA) is 65.6 Å². The summed E-state index contributed by atoms with van der Waals surface area (Å²) in [6.45, 7) is 3.15. The highest BCUT2D eigenvalue weighted by Gasteiger charge is 2.20. The normalized spacial score (nSPS) is 16.2. The second-order valence-corrected chi connectivity index (χ2v) is 9.04. The van der Waals surface area contributed by atoms with Gasteiger partial charge >= 0.3 is 0 Å². The molecule has 2 heterocycles. The predicted molar refractivity (Wildman–Crippen MR) is 103 cm³/mol. The number of aromatic nitrogens is 1. The quantitative estimate of drug-likeness (QED) is 0.841. The third kappa shape index (κ3) is 3.95. The van der Waals surface area contributed by atoms with Crippen molar-refractivity contribution in [2.75, 3.05) is 34.3 Å². The highest BCUT2D eigenvalue weighted by atomic mass is 32.2. The van der Waals surface area contributed by atoms with E-state index in [9.17, 15) is 8.42 Å². The lowest BCUT2D eigenvalue weighted by atomic mass is 10.1. The highest BCUT2D eigenvalue weighted by Crippen LogP contribution is 2.32. The SMILES string of the molecule is COc1ccc(S(=O)(=O)N(C)C)cc1-c1ccc(CN2CCCCC2)[nH]1. The van der Waals surface area contributed by atoms with E-state index in [-0.39, 0.29) is 4.90 Å². The third-order valence-electron chi connectivity index (χ3n) is 4.83. The van der Waals surface area contributed by atoms with Gasteiger partial charge in [-0.05, 0) is 56.3 Å². The lowest BCUT2D eigenvalue weighted by molar-refractivity contribution is 0.219. The monoisotopic (exact) mass is 377 g/mol. The number of ether oxygens (including phenoxy) is 1. The van der Waals surface area contributed by atoms with Crippen LogP contribution in [0, 0.1) is 0 Å². The second-order valence-electron chi connectivity index (χ2n) is 6.88. The molecule has 0 radical (unpaired) electrons. The van der Waals surface area contributed by atoms with Crippen molar-refractivity contribution in [3.63, 3.8) is 0 Å². The van der Waals surface area contributed by atoms with E-state index < -0.39 is 10.0 Å². The summed E-state index contributed by atoms with van der Waals surface area (Å²) in [5, 5.41) is 0. The van der Waals surface area contributed by atoms with E-state index in [2.05, 4.69) is 16.0 Å². The summed E-state index contributed by atoms with van der Waals surface area (Å²) in [7, 11) is 1.17. The first-order valence-electron chi connectivity index (χ1n) is 8.93. The summed E-state index contributed by atoms with van der Waals surface area (Å²) >= 11 is 0. The maximum atomic E-state index is 12.5. The number of benzene rings is 1. The smallest absolute Gasteiger partial charge is 0.242 e. The first-order valence-corrected chi connectivity index (χ1v) is 10.4. The van der Waals surface area contributed by atoms with Gasteiger partial charge in [0, 0.05) is 37.6 Å². The van der Waals surface area contributed by atoms with Crippen LogP contribution in [0.1, 0.15) is 25.0 Å². The number of aromatic amines is 1. The molecule has 1 N–H and O–H groups in total. The highest BCUT2D eigenvalue weighted by molar-refractivity contribution is 7.89. The number of sulfonamides is 1. The summed E-state index contributed by atoms with van der Waals surface area (Å²) in [6, 6.07) is 9.01. The zero-order valence-corrected chi connectivity index (χ0v) is 16.5. The maximum absolute atomic E-state index is 12.5. The Hall–Kier alpha value is -1.83. The molecule has 1 fully saturated rings. The van der Waals surface area contributed by atoms with Crippen LogP contribution < -0.4 is 4.74 Å². The Bertz CT molecular complexity index is 853. The lowest BCUT2D eigenvalue weighted by Gasteiger charge is -2.25. The molecule has 0 amide bonds. The first kappa shape index (κ1) is 18.9. The molecule has 1 saturated heterocycles. The Morgan fingerprint density at radius 3 is 2.50 bits per heavy atom. The molecule has 0 saturated carbocycles. The van der Waals surface area contributed by atoms with Crippen LogP contribution in [-0.4, -0.2) is 56.9 Å². The van der Waals surface area contributed by atoms with Gasteiger partial charge in [-0.3, -0.25) is 4.90 Å². The van der Waals surface area contributed by atoms with Crippen LogP contribution in [0.25, 0.3) is 11.3 Å². The molecule has 7 heteroatoms. The van der Waals surface area contributed by atoms with Crippen molar-refractivity contribution in [3.05, 3.63) is 36.0 Å². The van der Waals surface area contributed by atoms with Crippen molar-refractivity contribution >= 4 is 10.0 Å². The zero-order chi connectivity index (χ0) is 18.7. The van der Waals surface area contributed by atoms with Gasteiger partial charge in [-0.1, -0.05) is 6.42 Å². The van der Waals surface area contributed by atoms with Gasteiger partial charge in [0.2, 0.25) is 10.0 Å². The second kappa shape index (κ2) is 7.82. The standard InChI is InChI=1S/C19H27N3O3S/c1-21(2)26(23,24)16-8-10-19(25-3)17(13-16)18-9-7-15(20-18)14-22-11-5-4-6-12-22/h7-10,13,20H,4-6,11-12,14H2,1-3H3. The summed E-state index contributed by atoms with van der Waals surface area (Å²) in [5.41, 5.74) is 2.75. The van der Waals surface area contributed by atoms with Crippen LogP contribution in [0.2, 0.25) is 0 Å². The van der Waals surface area contributed by atoms with Crippen molar-refractivity contribution in [1.82, 2.24) is 14.2 Å². The fraction of sp³-hybridized carbons (Fsp3) is 0.474. The first-order chi connectivity index (χ1) is 12.4. The molecule has 0 bridgehead atoms. The number of hydrogen-bond donors (Lipinski definition) is 1. The molecule has 1 aromatic heterocycles. The van der Waals surface area contributed by atoms with Gasteiger partial charge in [-0.15, -0.1) is 0 Å². The molecule has 1 aromatic carbocycles. The molecule has 0 aliphatic carbocycles. The van der Waals surface area contributed by atoms with Gasteiger partial charge in [0.25, 0.3) is 0 Å². The number of rotatable bonds is 6. The van der Waals surface area contributed by atoms with E-state index in [1.54, 1.807) is 25.3 Å². The summed E-state index contributed by atoms with van der Waals surface area (Å²) in [4.78, 5) is 6.13. The average molecular weight is 378 g/mol. The zero-order valence-electron chi connectivity index (χ0n) is 15.7. The molecule has 0 spiro atoms. The Morgan fingerprint density at radius 1 is 1.12 bits per heavy atom. The molecule has 6 nitrogen and oxygen atoms in total. The molecule has 0 atom stereocenters. The number of hydrogen-bond acceptors (Lipinski definition) is 4. The Balaban J connectivity index is 1.90. The third-order valence-corrected chi connectivity index (χ3v) is 6.64. The molecular formula is C19H27N3O3S. The largest absolute Gasteiger partial charge is 0.496 e. The summed E-state index contributed by atoms with van der Waals surface area (Å²) < 4.78 is 31.6. The molecule has 0 unspecified atom stereocenters. The van der Waals surface area contributed by atoms with Crippen LogP contribution in [-0.2, 0) is 16.6 Å². The minimum absolute atomic E-state index is 0.255. The van der Waals surface area contributed by atoms with Crippen LogP contribution in [0.4, 0.5) is 0 Å². The van der Waals surface area contributed by atoms with Gasteiger partial charge in [0.05, 0.1) is 12.0 Å². The molecule has 1 aliphatic rings. The summed E-state index contributed by atoms with van der Waals surface area (Å²) in [5.74, 6) is 0.647. The van der Waals surface area contributed by atoms with Gasteiger partial charge in [0.15, 0.2) is 0 Å². The fourth-order valence-electron chi connectivity index (χ4n) is 3.32. The average Bonchev–Trinajstić information content (AvgIpc) is 3.10. The van der Waals surface area contributed by atoms with E-state index in [1.807, 2.05) is 6.07 Å². The Morgan fingerprint density at radius 2 is 1.85 bits per heavy atom. The minimum Gasteiger partial charge on any atom is -0.496 e. The van der Waals surface area contributed by atoms with Crippen molar-refractivity contribution in [1.29, 1.82) is 0 Å². The van der Waals surface area contributed by atoms with E-state index in [4.69, 9.17) is 4.74 Å². The Kier molecular flexibility index (Phi) is 5.70. The molecular weight excluding hydrogens is 350 g/mol. The summed E-state index contributed by atoms with van der Waals surface area (Å²) in [6.07, 6.45) is 3.83. The van der Waals surface area contributed by atoms with Crippen molar-refractivity contribution in [3.8, 4) is 17.0 Å². The lowest BCUT2D eigenvalue weighted by Crippen LogP contribution is -2.29. The van der Waals surface area contributed by atoms with Crippen LogP contribution in [0.15, 0.2) is 35.2 Å². The van der Waals surface area contributed by atoms with Crippen LogP contribution in [0.3, 0.4) is 0 Å². The molecule has 1 aliphatic heterocycles. The van der Waals surface area contributed by atoms with E-state index in [0.717, 1.165) is 36.6 Å². The molecule has 2 aromatic rings.